The average molecular weight is 403 g/mol. The Morgan fingerprint density at radius 2 is 1.93 bits per heavy atom. The molecule has 29 heavy (non-hydrogen) atoms. The van der Waals surface area contributed by atoms with Crippen molar-refractivity contribution in [3.63, 3.8) is 0 Å². The predicted molar refractivity (Wildman–Crippen MR) is 94.8 cm³/mol. The second-order valence-corrected chi connectivity index (χ2v) is 6.49. The highest BCUT2D eigenvalue weighted by atomic mass is 19.4. The third-order valence-electron chi connectivity index (χ3n) is 4.60. The minimum absolute atomic E-state index is 0.170. The second-order valence-electron chi connectivity index (χ2n) is 6.49. The summed E-state index contributed by atoms with van der Waals surface area (Å²) in [4.78, 5) is 18.3. The van der Waals surface area contributed by atoms with Crippen molar-refractivity contribution in [3.8, 4) is 5.75 Å². The maximum Gasteiger partial charge on any atom is 0.416 e. The standard InChI is InChI=1S/C19H16F3N5O2/c20-19(21,22)14-5-3-13(4-6-14)18(28)26-8-9-27-17(11-26)16(24-25-27)12-29-15-2-1-7-23-10-15/h1-7,10H,8-9,11-12H2. The van der Waals surface area contributed by atoms with Crippen molar-refractivity contribution in [1.29, 1.82) is 0 Å². The molecule has 1 aliphatic rings. The predicted octanol–water partition coefficient (Wildman–Crippen LogP) is 2.93. The third-order valence-corrected chi connectivity index (χ3v) is 4.60. The molecular formula is C19H16F3N5O2. The number of carbonyl (C=O) groups is 1. The van der Waals surface area contributed by atoms with E-state index in [0.717, 1.165) is 17.8 Å². The molecule has 0 fully saturated rings. The van der Waals surface area contributed by atoms with Crippen molar-refractivity contribution in [2.45, 2.75) is 25.9 Å². The number of aromatic nitrogens is 4. The summed E-state index contributed by atoms with van der Waals surface area (Å²) in [5.41, 5.74) is 0.746. The number of halogens is 3. The number of hydrogen-bond acceptors (Lipinski definition) is 5. The number of amides is 1. The lowest BCUT2D eigenvalue weighted by molar-refractivity contribution is -0.137. The number of carbonyl (C=O) groups excluding carboxylic acids is 1. The van der Waals surface area contributed by atoms with Gasteiger partial charge in [0, 0.05) is 18.3 Å². The van der Waals surface area contributed by atoms with Crippen molar-refractivity contribution in [2.75, 3.05) is 6.54 Å². The number of alkyl halides is 3. The Labute approximate surface area is 163 Å². The summed E-state index contributed by atoms with van der Waals surface area (Å²) in [6.07, 6.45) is -1.22. The molecule has 0 unspecified atom stereocenters. The molecule has 1 aromatic carbocycles. The van der Waals surface area contributed by atoms with Crippen LogP contribution in [0.1, 0.15) is 27.3 Å². The van der Waals surface area contributed by atoms with Gasteiger partial charge in [-0.1, -0.05) is 5.21 Å². The SMILES string of the molecule is O=C(c1ccc(C(F)(F)F)cc1)N1CCn2nnc(COc3cccnc3)c2C1. The molecule has 0 spiro atoms. The number of benzene rings is 1. The molecule has 0 aliphatic carbocycles. The fourth-order valence-electron chi connectivity index (χ4n) is 3.05. The van der Waals surface area contributed by atoms with Gasteiger partial charge in [-0.25, -0.2) is 4.68 Å². The summed E-state index contributed by atoms with van der Waals surface area (Å²) < 4.78 is 45.5. The quantitative estimate of drug-likeness (QED) is 0.670. The Kier molecular flexibility index (Phi) is 4.91. The van der Waals surface area contributed by atoms with E-state index in [1.54, 1.807) is 34.1 Å². The van der Waals surface area contributed by atoms with Crippen LogP contribution in [0.5, 0.6) is 5.75 Å². The van der Waals surface area contributed by atoms with Crippen molar-refractivity contribution < 1.29 is 22.7 Å². The van der Waals surface area contributed by atoms with Crippen LogP contribution in [0.3, 0.4) is 0 Å². The number of rotatable bonds is 4. The lowest BCUT2D eigenvalue weighted by Gasteiger charge is -2.28. The Hall–Kier alpha value is -3.43. The van der Waals surface area contributed by atoms with Crippen molar-refractivity contribution in [2.24, 2.45) is 0 Å². The summed E-state index contributed by atoms with van der Waals surface area (Å²) in [7, 11) is 0. The van der Waals surface area contributed by atoms with E-state index in [0.29, 0.717) is 24.5 Å². The fraction of sp³-hybridized carbons (Fsp3) is 0.263. The molecule has 0 atom stereocenters. The van der Waals surface area contributed by atoms with Crippen LogP contribution in [0, 0.1) is 0 Å². The molecule has 0 saturated carbocycles. The Morgan fingerprint density at radius 3 is 2.62 bits per heavy atom. The minimum atomic E-state index is -4.44. The van der Waals surface area contributed by atoms with E-state index in [1.165, 1.54) is 12.1 Å². The van der Waals surface area contributed by atoms with Gasteiger partial charge in [-0.3, -0.25) is 9.78 Å². The van der Waals surface area contributed by atoms with E-state index in [-0.39, 0.29) is 24.6 Å². The van der Waals surface area contributed by atoms with Gasteiger partial charge >= 0.3 is 6.18 Å². The van der Waals surface area contributed by atoms with Crippen molar-refractivity contribution in [1.82, 2.24) is 24.9 Å². The molecule has 0 bridgehead atoms. The molecule has 0 radical (unpaired) electrons. The first-order chi connectivity index (χ1) is 13.9. The summed E-state index contributed by atoms with van der Waals surface area (Å²) >= 11 is 0. The molecule has 150 valence electrons. The largest absolute Gasteiger partial charge is 0.486 e. The average Bonchev–Trinajstić information content (AvgIpc) is 3.14. The zero-order valence-corrected chi connectivity index (χ0v) is 15.1. The van der Waals surface area contributed by atoms with Crippen LogP contribution in [0.4, 0.5) is 13.2 Å². The molecule has 2 aromatic heterocycles. The molecule has 1 aliphatic heterocycles. The number of fused-ring (bicyclic) bond motifs is 1. The molecule has 7 nitrogen and oxygen atoms in total. The molecule has 4 rings (SSSR count). The van der Waals surface area contributed by atoms with Gasteiger partial charge in [-0.15, -0.1) is 5.10 Å². The van der Waals surface area contributed by atoms with Crippen LogP contribution >= 0.6 is 0 Å². The lowest BCUT2D eigenvalue weighted by Crippen LogP contribution is -2.38. The van der Waals surface area contributed by atoms with Gasteiger partial charge < -0.3 is 9.64 Å². The van der Waals surface area contributed by atoms with E-state index in [1.807, 2.05) is 0 Å². The van der Waals surface area contributed by atoms with Gasteiger partial charge in [-0.2, -0.15) is 13.2 Å². The zero-order chi connectivity index (χ0) is 20.4. The van der Waals surface area contributed by atoms with Gasteiger partial charge in [-0.05, 0) is 36.4 Å². The first-order valence-corrected chi connectivity index (χ1v) is 8.82. The minimum Gasteiger partial charge on any atom is -0.486 e. The Bertz CT molecular complexity index is 1000. The molecule has 3 heterocycles. The first kappa shape index (κ1) is 18.9. The molecule has 0 N–H and O–H groups in total. The maximum absolute atomic E-state index is 12.7. The van der Waals surface area contributed by atoms with Gasteiger partial charge in [0.2, 0.25) is 0 Å². The van der Waals surface area contributed by atoms with Crippen LogP contribution in [0.15, 0.2) is 48.8 Å². The summed E-state index contributed by atoms with van der Waals surface area (Å²) in [5.74, 6) is 0.244. The van der Waals surface area contributed by atoms with Crippen molar-refractivity contribution >= 4 is 5.91 Å². The number of nitrogens with zero attached hydrogens (tertiary/aromatic N) is 5. The van der Waals surface area contributed by atoms with Crippen LogP contribution in [-0.4, -0.2) is 37.3 Å². The zero-order valence-electron chi connectivity index (χ0n) is 15.1. The second kappa shape index (κ2) is 7.53. The number of ether oxygens (including phenoxy) is 1. The lowest BCUT2D eigenvalue weighted by atomic mass is 10.1. The van der Waals surface area contributed by atoms with E-state index in [4.69, 9.17) is 4.74 Å². The van der Waals surface area contributed by atoms with E-state index >= 15 is 0 Å². The monoisotopic (exact) mass is 403 g/mol. The Morgan fingerprint density at radius 1 is 1.14 bits per heavy atom. The van der Waals surface area contributed by atoms with Crippen molar-refractivity contribution in [3.05, 3.63) is 71.3 Å². The van der Waals surface area contributed by atoms with Crippen LogP contribution in [0.25, 0.3) is 0 Å². The highest BCUT2D eigenvalue weighted by Gasteiger charge is 2.31. The Balaban J connectivity index is 1.46. The normalized spacial score (nSPS) is 13.8. The number of pyridine rings is 1. The van der Waals surface area contributed by atoms with Gasteiger partial charge in [0.15, 0.2) is 0 Å². The fourth-order valence-corrected chi connectivity index (χ4v) is 3.05. The third kappa shape index (κ3) is 4.05. The van der Waals surface area contributed by atoms with Gasteiger partial charge in [0.05, 0.1) is 30.5 Å². The molecule has 0 saturated heterocycles. The highest BCUT2D eigenvalue weighted by Crippen LogP contribution is 2.29. The molecule has 1 amide bonds. The van der Waals surface area contributed by atoms with E-state index < -0.39 is 11.7 Å². The van der Waals surface area contributed by atoms with Gasteiger partial charge in [0.1, 0.15) is 18.1 Å². The van der Waals surface area contributed by atoms with Crippen LogP contribution in [0.2, 0.25) is 0 Å². The van der Waals surface area contributed by atoms with Crippen LogP contribution in [-0.2, 0) is 25.9 Å². The summed E-state index contributed by atoms with van der Waals surface area (Å²) in [5, 5.41) is 8.20. The molecule has 3 aromatic rings. The number of hydrogen-bond donors (Lipinski definition) is 0. The maximum atomic E-state index is 12.7. The smallest absolute Gasteiger partial charge is 0.416 e. The van der Waals surface area contributed by atoms with E-state index in [2.05, 4.69) is 15.3 Å². The molecule has 10 heteroatoms. The highest BCUT2D eigenvalue weighted by molar-refractivity contribution is 5.94. The van der Waals surface area contributed by atoms with E-state index in [9.17, 15) is 18.0 Å². The molecular weight excluding hydrogens is 387 g/mol. The van der Waals surface area contributed by atoms with Crippen LogP contribution < -0.4 is 4.74 Å². The first-order valence-electron chi connectivity index (χ1n) is 8.82. The van der Waals surface area contributed by atoms with Gasteiger partial charge in [0.25, 0.3) is 5.91 Å². The summed E-state index contributed by atoms with van der Waals surface area (Å²) in [6, 6.07) is 7.74. The topological polar surface area (TPSA) is 73.1 Å². The summed E-state index contributed by atoms with van der Waals surface area (Å²) in [6.45, 7) is 1.25.